The second-order valence-corrected chi connectivity index (χ2v) is 6.71. The summed E-state index contributed by atoms with van der Waals surface area (Å²) in [5.41, 5.74) is 1.54. The van der Waals surface area contributed by atoms with Gasteiger partial charge in [-0.25, -0.2) is 0 Å². The lowest BCUT2D eigenvalue weighted by Gasteiger charge is -2.14. The van der Waals surface area contributed by atoms with Gasteiger partial charge >= 0.3 is 0 Å². The first-order valence-electron chi connectivity index (χ1n) is 7.54. The SMILES string of the molecule is C[C@@H](NC(=O)CCNC(=O)c1ccc(Br)cc1)c1ccc(Cl)cc1. The fraction of sp³-hybridized carbons (Fsp3) is 0.222. The van der Waals surface area contributed by atoms with Crippen LogP contribution in [0.1, 0.15) is 35.3 Å². The molecule has 2 aromatic rings. The Kier molecular flexibility index (Phi) is 6.82. The predicted octanol–water partition coefficient (Wildman–Crippen LogP) is 4.10. The van der Waals surface area contributed by atoms with Gasteiger partial charge in [0.05, 0.1) is 6.04 Å². The topological polar surface area (TPSA) is 58.2 Å². The van der Waals surface area contributed by atoms with E-state index in [0.717, 1.165) is 10.0 Å². The smallest absolute Gasteiger partial charge is 0.251 e. The molecule has 4 nitrogen and oxygen atoms in total. The summed E-state index contributed by atoms with van der Waals surface area (Å²) in [6.45, 7) is 2.19. The van der Waals surface area contributed by atoms with Gasteiger partial charge in [0, 0.05) is 28.0 Å². The van der Waals surface area contributed by atoms with Crippen molar-refractivity contribution in [1.29, 1.82) is 0 Å². The van der Waals surface area contributed by atoms with E-state index < -0.39 is 0 Å². The van der Waals surface area contributed by atoms with E-state index in [-0.39, 0.29) is 30.8 Å². The Morgan fingerprint density at radius 2 is 1.71 bits per heavy atom. The van der Waals surface area contributed by atoms with Crippen molar-refractivity contribution in [3.05, 3.63) is 69.2 Å². The largest absolute Gasteiger partial charge is 0.352 e. The van der Waals surface area contributed by atoms with Crippen molar-refractivity contribution < 1.29 is 9.59 Å². The predicted molar refractivity (Wildman–Crippen MR) is 99.1 cm³/mol. The summed E-state index contributed by atoms with van der Waals surface area (Å²) in [4.78, 5) is 23.9. The molecule has 0 saturated carbocycles. The molecule has 0 heterocycles. The van der Waals surface area contributed by atoms with Crippen LogP contribution in [0.4, 0.5) is 0 Å². The molecule has 2 rings (SSSR count). The molecule has 0 fully saturated rings. The average molecular weight is 410 g/mol. The molecule has 0 bridgehead atoms. The van der Waals surface area contributed by atoms with Crippen molar-refractivity contribution in [1.82, 2.24) is 10.6 Å². The molecular weight excluding hydrogens is 392 g/mol. The summed E-state index contributed by atoms with van der Waals surface area (Å²) in [7, 11) is 0. The third-order valence-electron chi connectivity index (χ3n) is 3.49. The fourth-order valence-corrected chi connectivity index (χ4v) is 2.53. The van der Waals surface area contributed by atoms with Gasteiger partial charge in [0.15, 0.2) is 0 Å². The Labute approximate surface area is 154 Å². The first-order valence-corrected chi connectivity index (χ1v) is 8.71. The average Bonchev–Trinajstić information content (AvgIpc) is 2.55. The molecule has 0 spiro atoms. The van der Waals surface area contributed by atoms with Gasteiger partial charge in [-0.1, -0.05) is 39.7 Å². The third kappa shape index (κ3) is 5.65. The number of amides is 2. The van der Waals surface area contributed by atoms with Crippen LogP contribution in [0.25, 0.3) is 0 Å². The molecule has 6 heteroatoms. The Morgan fingerprint density at radius 1 is 1.08 bits per heavy atom. The lowest BCUT2D eigenvalue weighted by Crippen LogP contribution is -2.32. The molecule has 2 aromatic carbocycles. The Morgan fingerprint density at radius 3 is 2.33 bits per heavy atom. The maximum absolute atomic E-state index is 12.0. The van der Waals surface area contributed by atoms with Crippen LogP contribution < -0.4 is 10.6 Å². The third-order valence-corrected chi connectivity index (χ3v) is 4.27. The molecule has 0 radical (unpaired) electrons. The summed E-state index contributed by atoms with van der Waals surface area (Å²) in [6.07, 6.45) is 0.222. The number of nitrogens with one attached hydrogen (secondary N) is 2. The van der Waals surface area contributed by atoms with Crippen LogP contribution in [-0.4, -0.2) is 18.4 Å². The van der Waals surface area contributed by atoms with E-state index in [1.54, 1.807) is 36.4 Å². The normalized spacial score (nSPS) is 11.6. The standard InChI is InChI=1S/C18H18BrClN2O2/c1-12(13-4-8-16(20)9-5-13)22-17(23)10-11-21-18(24)14-2-6-15(19)7-3-14/h2-9,12H,10-11H2,1H3,(H,21,24)(H,22,23)/t12-/m1/s1. The molecule has 0 aromatic heterocycles. The lowest BCUT2D eigenvalue weighted by molar-refractivity contribution is -0.121. The minimum absolute atomic E-state index is 0.114. The number of hydrogen-bond donors (Lipinski definition) is 2. The zero-order valence-corrected chi connectivity index (χ0v) is 15.5. The summed E-state index contributed by atoms with van der Waals surface area (Å²) in [6, 6.07) is 14.3. The van der Waals surface area contributed by atoms with E-state index in [2.05, 4.69) is 26.6 Å². The molecule has 126 valence electrons. The van der Waals surface area contributed by atoms with Crippen LogP contribution in [0, 0.1) is 0 Å². The van der Waals surface area contributed by atoms with Crippen LogP contribution in [-0.2, 0) is 4.79 Å². The molecule has 0 saturated heterocycles. The van der Waals surface area contributed by atoms with Crippen molar-refractivity contribution in [3.63, 3.8) is 0 Å². The van der Waals surface area contributed by atoms with Crippen LogP contribution in [0.2, 0.25) is 5.02 Å². The van der Waals surface area contributed by atoms with Crippen LogP contribution in [0.5, 0.6) is 0 Å². The minimum Gasteiger partial charge on any atom is -0.352 e. The van der Waals surface area contributed by atoms with Gasteiger partial charge in [0.25, 0.3) is 5.91 Å². The van der Waals surface area contributed by atoms with Crippen LogP contribution in [0.15, 0.2) is 53.0 Å². The maximum Gasteiger partial charge on any atom is 0.251 e. The Bertz CT molecular complexity index is 702. The van der Waals surface area contributed by atoms with E-state index in [1.165, 1.54) is 0 Å². The highest BCUT2D eigenvalue weighted by Gasteiger charge is 2.10. The number of rotatable bonds is 6. The van der Waals surface area contributed by atoms with Crippen molar-refractivity contribution in [2.45, 2.75) is 19.4 Å². The number of benzene rings is 2. The fourth-order valence-electron chi connectivity index (χ4n) is 2.14. The molecule has 0 aliphatic carbocycles. The number of carbonyl (C=O) groups excluding carboxylic acids is 2. The molecule has 1 atom stereocenters. The van der Waals surface area contributed by atoms with Gasteiger partial charge in [-0.15, -0.1) is 0 Å². The molecule has 2 amide bonds. The van der Waals surface area contributed by atoms with Crippen LogP contribution in [0.3, 0.4) is 0 Å². The minimum atomic E-state index is -0.193. The quantitative estimate of drug-likeness (QED) is 0.754. The molecule has 0 unspecified atom stereocenters. The van der Waals surface area contributed by atoms with E-state index in [0.29, 0.717) is 10.6 Å². The second-order valence-electron chi connectivity index (χ2n) is 5.35. The Balaban J connectivity index is 1.75. The van der Waals surface area contributed by atoms with Gasteiger partial charge in [-0.05, 0) is 48.9 Å². The van der Waals surface area contributed by atoms with Gasteiger partial charge in [0.2, 0.25) is 5.91 Å². The van der Waals surface area contributed by atoms with E-state index in [9.17, 15) is 9.59 Å². The molecular formula is C18H18BrClN2O2. The molecule has 0 aliphatic heterocycles. The van der Waals surface area contributed by atoms with E-state index >= 15 is 0 Å². The highest BCUT2D eigenvalue weighted by molar-refractivity contribution is 9.10. The molecule has 2 N–H and O–H groups in total. The summed E-state index contributed by atoms with van der Waals surface area (Å²) < 4.78 is 0.912. The summed E-state index contributed by atoms with van der Waals surface area (Å²) in [5.74, 6) is -0.311. The van der Waals surface area contributed by atoms with E-state index in [1.807, 2.05) is 19.1 Å². The second kappa shape index (κ2) is 8.85. The zero-order valence-electron chi connectivity index (χ0n) is 13.2. The molecule has 0 aliphatic rings. The van der Waals surface area contributed by atoms with Crippen molar-refractivity contribution in [3.8, 4) is 0 Å². The van der Waals surface area contributed by atoms with Crippen molar-refractivity contribution in [2.24, 2.45) is 0 Å². The number of hydrogen-bond acceptors (Lipinski definition) is 2. The van der Waals surface area contributed by atoms with Crippen molar-refractivity contribution >= 4 is 39.3 Å². The monoisotopic (exact) mass is 408 g/mol. The highest BCUT2D eigenvalue weighted by Crippen LogP contribution is 2.16. The molecule has 24 heavy (non-hydrogen) atoms. The maximum atomic E-state index is 12.0. The van der Waals surface area contributed by atoms with Crippen LogP contribution >= 0.6 is 27.5 Å². The van der Waals surface area contributed by atoms with E-state index in [4.69, 9.17) is 11.6 Å². The van der Waals surface area contributed by atoms with Gasteiger partial charge in [0.1, 0.15) is 0 Å². The van der Waals surface area contributed by atoms with Gasteiger partial charge < -0.3 is 10.6 Å². The number of carbonyl (C=O) groups is 2. The summed E-state index contributed by atoms with van der Waals surface area (Å²) >= 11 is 9.17. The zero-order chi connectivity index (χ0) is 17.5. The van der Waals surface area contributed by atoms with Crippen molar-refractivity contribution in [2.75, 3.05) is 6.54 Å². The highest BCUT2D eigenvalue weighted by atomic mass is 79.9. The first-order chi connectivity index (χ1) is 11.5. The van der Waals surface area contributed by atoms with Gasteiger partial charge in [-0.3, -0.25) is 9.59 Å². The first kappa shape index (κ1) is 18.5. The lowest BCUT2D eigenvalue weighted by atomic mass is 10.1. The summed E-state index contributed by atoms with van der Waals surface area (Å²) in [5, 5.41) is 6.29. The number of halogens is 2. The van der Waals surface area contributed by atoms with Gasteiger partial charge in [-0.2, -0.15) is 0 Å². The Hall–Kier alpha value is -1.85.